The van der Waals surface area contributed by atoms with E-state index in [1.807, 2.05) is 0 Å². The van der Waals surface area contributed by atoms with Gasteiger partial charge in [-0.05, 0) is 38.0 Å². The normalized spacial score (nSPS) is 12.5. The number of anilines is 1. The summed E-state index contributed by atoms with van der Waals surface area (Å²) in [6.07, 6.45) is 2.47. The number of aryl methyl sites for hydroxylation is 1. The molecule has 1 aromatic carbocycles. The van der Waals surface area contributed by atoms with Crippen molar-refractivity contribution >= 4 is 5.69 Å². The third-order valence-corrected chi connectivity index (χ3v) is 2.15. The average molecular weight is 177 g/mol. The molecule has 1 rings (SSSR count). The summed E-state index contributed by atoms with van der Waals surface area (Å²) in [5, 5.41) is 3.48. The van der Waals surface area contributed by atoms with Crippen LogP contribution in [0, 0.1) is 6.92 Å². The molecule has 0 spiro atoms. The van der Waals surface area contributed by atoms with Gasteiger partial charge in [-0.2, -0.15) is 0 Å². The van der Waals surface area contributed by atoms with E-state index in [1.54, 1.807) is 0 Å². The monoisotopic (exact) mass is 177 g/mol. The highest BCUT2D eigenvalue weighted by Crippen LogP contribution is 2.12. The minimum Gasteiger partial charge on any atom is -0.383 e. The third-order valence-electron chi connectivity index (χ3n) is 2.15. The number of nitrogens with one attached hydrogen (secondary N) is 1. The van der Waals surface area contributed by atoms with Crippen molar-refractivity contribution in [3.63, 3.8) is 0 Å². The molecule has 1 unspecified atom stereocenters. The lowest BCUT2D eigenvalue weighted by molar-refractivity contribution is 0.690. The quantitative estimate of drug-likeness (QED) is 0.741. The van der Waals surface area contributed by atoms with Gasteiger partial charge < -0.3 is 5.32 Å². The van der Waals surface area contributed by atoms with E-state index in [4.69, 9.17) is 0 Å². The van der Waals surface area contributed by atoms with Gasteiger partial charge in [-0.15, -0.1) is 0 Å². The highest BCUT2D eigenvalue weighted by molar-refractivity contribution is 5.45. The van der Waals surface area contributed by atoms with E-state index in [0.29, 0.717) is 6.04 Å². The first-order valence-corrected chi connectivity index (χ1v) is 5.05. The molecule has 0 saturated carbocycles. The Morgan fingerprint density at radius 1 is 1.38 bits per heavy atom. The maximum atomic E-state index is 3.48. The summed E-state index contributed by atoms with van der Waals surface area (Å²) in [5.74, 6) is 0. The van der Waals surface area contributed by atoms with Crippen molar-refractivity contribution < 1.29 is 0 Å². The molecular formula is C12H19N. The van der Waals surface area contributed by atoms with Crippen molar-refractivity contribution in [2.75, 3.05) is 5.32 Å². The average Bonchev–Trinajstić information content (AvgIpc) is 2.04. The van der Waals surface area contributed by atoms with Crippen molar-refractivity contribution in [2.45, 2.75) is 39.7 Å². The van der Waals surface area contributed by atoms with Gasteiger partial charge in [0.25, 0.3) is 0 Å². The van der Waals surface area contributed by atoms with Crippen LogP contribution >= 0.6 is 0 Å². The zero-order valence-electron chi connectivity index (χ0n) is 8.80. The summed E-state index contributed by atoms with van der Waals surface area (Å²) < 4.78 is 0. The molecule has 0 heterocycles. The van der Waals surface area contributed by atoms with E-state index in [0.717, 1.165) is 0 Å². The molecule has 1 atom stereocenters. The maximum Gasteiger partial charge on any atom is 0.0344 e. The Morgan fingerprint density at radius 3 is 2.77 bits per heavy atom. The fraction of sp³-hybridized carbons (Fsp3) is 0.500. The van der Waals surface area contributed by atoms with Gasteiger partial charge in [0.1, 0.15) is 0 Å². The van der Waals surface area contributed by atoms with Crippen LogP contribution in [0.1, 0.15) is 32.3 Å². The van der Waals surface area contributed by atoms with Crippen LogP contribution in [-0.2, 0) is 0 Å². The van der Waals surface area contributed by atoms with Gasteiger partial charge in [0.15, 0.2) is 0 Å². The second-order valence-corrected chi connectivity index (χ2v) is 3.70. The lowest BCUT2D eigenvalue weighted by Gasteiger charge is -2.14. The molecule has 0 fully saturated rings. The molecule has 0 bridgehead atoms. The third kappa shape index (κ3) is 3.49. The number of benzene rings is 1. The van der Waals surface area contributed by atoms with E-state index < -0.39 is 0 Å². The molecule has 1 heteroatoms. The fourth-order valence-corrected chi connectivity index (χ4v) is 1.52. The summed E-state index contributed by atoms with van der Waals surface area (Å²) in [7, 11) is 0. The predicted octanol–water partition coefficient (Wildman–Crippen LogP) is 3.60. The van der Waals surface area contributed by atoms with Gasteiger partial charge in [-0.25, -0.2) is 0 Å². The Morgan fingerprint density at radius 2 is 2.15 bits per heavy atom. The second kappa shape index (κ2) is 4.90. The molecule has 0 radical (unpaired) electrons. The van der Waals surface area contributed by atoms with E-state index >= 15 is 0 Å². The Labute approximate surface area is 81.2 Å². The Hall–Kier alpha value is -0.980. The zero-order valence-corrected chi connectivity index (χ0v) is 8.80. The Balaban J connectivity index is 2.53. The highest BCUT2D eigenvalue weighted by Gasteiger charge is 1.99. The van der Waals surface area contributed by atoms with Crippen LogP contribution in [0.2, 0.25) is 0 Å². The molecule has 1 aromatic rings. The molecule has 0 saturated heterocycles. The van der Waals surface area contributed by atoms with Crippen molar-refractivity contribution in [2.24, 2.45) is 0 Å². The minimum atomic E-state index is 0.576. The van der Waals surface area contributed by atoms with Crippen molar-refractivity contribution in [1.29, 1.82) is 0 Å². The molecule has 0 amide bonds. The molecule has 72 valence electrons. The fourth-order valence-electron chi connectivity index (χ4n) is 1.52. The summed E-state index contributed by atoms with van der Waals surface area (Å²) in [6, 6.07) is 9.10. The van der Waals surface area contributed by atoms with Crippen molar-refractivity contribution in [1.82, 2.24) is 0 Å². The lowest BCUT2D eigenvalue weighted by atomic mass is 10.1. The van der Waals surface area contributed by atoms with Crippen LogP contribution < -0.4 is 5.32 Å². The van der Waals surface area contributed by atoms with Gasteiger partial charge in [0.05, 0.1) is 0 Å². The molecular weight excluding hydrogens is 158 g/mol. The van der Waals surface area contributed by atoms with E-state index in [-0.39, 0.29) is 0 Å². The van der Waals surface area contributed by atoms with Crippen LogP contribution in [-0.4, -0.2) is 6.04 Å². The maximum absolute atomic E-state index is 3.48. The second-order valence-electron chi connectivity index (χ2n) is 3.70. The first kappa shape index (κ1) is 10.1. The standard InChI is InChI=1S/C12H19N/c1-4-6-11(3)13-12-8-5-7-10(2)9-12/h5,7-9,11,13H,4,6H2,1-3H3. The molecule has 0 aliphatic carbocycles. The topological polar surface area (TPSA) is 12.0 Å². The first-order valence-electron chi connectivity index (χ1n) is 5.05. The zero-order chi connectivity index (χ0) is 9.68. The predicted molar refractivity (Wildman–Crippen MR) is 59.2 cm³/mol. The van der Waals surface area contributed by atoms with E-state index in [9.17, 15) is 0 Å². The van der Waals surface area contributed by atoms with Crippen LogP contribution in [0.3, 0.4) is 0 Å². The summed E-state index contributed by atoms with van der Waals surface area (Å²) in [5.41, 5.74) is 2.55. The Bertz CT molecular complexity index is 255. The van der Waals surface area contributed by atoms with Crippen molar-refractivity contribution in [3.8, 4) is 0 Å². The molecule has 1 N–H and O–H groups in total. The number of hydrogen-bond donors (Lipinski definition) is 1. The van der Waals surface area contributed by atoms with Gasteiger partial charge in [-0.1, -0.05) is 25.5 Å². The van der Waals surface area contributed by atoms with Crippen LogP contribution in [0.5, 0.6) is 0 Å². The largest absolute Gasteiger partial charge is 0.383 e. The highest BCUT2D eigenvalue weighted by atomic mass is 14.9. The first-order chi connectivity index (χ1) is 6.22. The smallest absolute Gasteiger partial charge is 0.0344 e. The minimum absolute atomic E-state index is 0.576. The van der Waals surface area contributed by atoms with Crippen LogP contribution in [0.4, 0.5) is 5.69 Å². The lowest BCUT2D eigenvalue weighted by Crippen LogP contribution is -2.14. The molecule has 0 aliphatic rings. The molecule has 1 nitrogen and oxygen atoms in total. The van der Waals surface area contributed by atoms with Gasteiger partial charge in [0, 0.05) is 11.7 Å². The van der Waals surface area contributed by atoms with Gasteiger partial charge >= 0.3 is 0 Å². The van der Waals surface area contributed by atoms with Crippen LogP contribution in [0.25, 0.3) is 0 Å². The molecule has 0 aliphatic heterocycles. The molecule has 13 heavy (non-hydrogen) atoms. The summed E-state index contributed by atoms with van der Waals surface area (Å²) in [6.45, 7) is 6.57. The van der Waals surface area contributed by atoms with Gasteiger partial charge in [0.2, 0.25) is 0 Å². The SMILES string of the molecule is CCCC(C)Nc1cccc(C)c1. The van der Waals surface area contributed by atoms with Crippen LogP contribution in [0.15, 0.2) is 24.3 Å². The van der Waals surface area contributed by atoms with Crippen molar-refractivity contribution in [3.05, 3.63) is 29.8 Å². The summed E-state index contributed by atoms with van der Waals surface area (Å²) in [4.78, 5) is 0. The van der Waals surface area contributed by atoms with E-state index in [1.165, 1.54) is 24.1 Å². The van der Waals surface area contributed by atoms with E-state index in [2.05, 4.69) is 50.4 Å². The number of hydrogen-bond acceptors (Lipinski definition) is 1. The summed E-state index contributed by atoms with van der Waals surface area (Å²) >= 11 is 0. The molecule has 0 aromatic heterocycles. The van der Waals surface area contributed by atoms with Gasteiger partial charge in [-0.3, -0.25) is 0 Å². The number of rotatable bonds is 4. The Kier molecular flexibility index (Phi) is 3.81.